The zero-order valence-electron chi connectivity index (χ0n) is 12.6. The Kier molecular flexibility index (Phi) is 4.31. The molecule has 2 rings (SSSR count). The molecular formula is C17H23NO2. The molecule has 1 aromatic heterocycles. The number of aliphatic hydroxyl groups is 1. The number of benzene rings is 1. The number of hydrogen-bond donors (Lipinski definition) is 2. The molecule has 1 heterocycles. The second-order valence-electron chi connectivity index (χ2n) is 5.40. The van der Waals surface area contributed by atoms with Crippen LogP contribution in [0.3, 0.4) is 0 Å². The normalized spacial score (nSPS) is 14.3. The molecule has 0 spiro atoms. The fourth-order valence-corrected chi connectivity index (χ4v) is 2.87. The second kappa shape index (κ2) is 5.81. The molecule has 0 aliphatic carbocycles. The van der Waals surface area contributed by atoms with Crippen molar-refractivity contribution in [2.24, 2.45) is 5.73 Å². The molecule has 2 atom stereocenters. The Morgan fingerprint density at radius 2 is 1.75 bits per heavy atom. The molecule has 0 bridgehead atoms. The summed E-state index contributed by atoms with van der Waals surface area (Å²) in [4.78, 5) is 0. The summed E-state index contributed by atoms with van der Waals surface area (Å²) in [5.41, 5.74) is 10.1. The van der Waals surface area contributed by atoms with Crippen LogP contribution < -0.4 is 5.73 Å². The Morgan fingerprint density at radius 1 is 1.10 bits per heavy atom. The maximum atomic E-state index is 10.8. The van der Waals surface area contributed by atoms with Gasteiger partial charge in [-0.15, -0.1) is 0 Å². The van der Waals surface area contributed by atoms with Crippen LogP contribution >= 0.6 is 0 Å². The van der Waals surface area contributed by atoms with Crippen LogP contribution in [0.5, 0.6) is 0 Å². The summed E-state index contributed by atoms with van der Waals surface area (Å²) in [5, 5.41) is 10.8. The van der Waals surface area contributed by atoms with Crippen LogP contribution in [0.1, 0.15) is 45.8 Å². The van der Waals surface area contributed by atoms with Crippen molar-refractivity contribution in [3.63, 3.8) is 0 Å². The van der Waals surface area contributed by atoms with E-state index in [4.69, 9.17) is 10.2 Å². The molecule has 3 N–H and O–H groups in total. The average molecular weight is 273 g/mol. The van der Waals surface area contributed by atoms with Gasteiger partial charge < -0.3 is 15.3 Å². The zero-order valence-corrected chi connectivity index (χ0v) is 12.6. The van der Waals surface area contributed by atoms with Crippen LogP contribution in [-0.2, 0) is 0 Å². The standard InChI is InChI=1S/C17H23NO2/c1-10-7-5-6-8-14(10)15(9-18)17(19)16-11(2)12(3)20-13(16)4/h5-8,15,17,19H,9,18H2,1-4H3. The number of nitrogens with two attached hydrogens (primary N) is 1. The molecular weight excluding hydrogens is 250 g/mol. The molecule has 0 amide bonds. The number of aliphatic hydroxyl groups excluding tert-OH is 1. The fraction of sp³-hybridized carbons (Fsp3) is 0.412. The van der Waals surface area contributed by atoms with Gasteiger partial charge in [-0.05, 0) is 44.4 Å². The Hall–Kier alpha value is -1.58. The predicted molar refractivity (Wildman–Crippen MR) is 80.9 cm³/mol. The van der Waals surface area contributed by atoms with E-state index >= 15 is 0 Å². The lowest BCUT2D eigenvalue weighted by molar-refractivity contribution is 0.145. The van der Waals surface area contributed by atoms with E-state index in [1.165, 1.54) is 0 Å². The Labute approximate surface area is 120 Å². The highest BCUT2D eigenvalue weighted by Gasteiger charge is 2.28. The third-order valence-electron chi connectivity index (χ3n) is 4.14. The molecule has 3 nitrogen and oxygen atoms in total. The molecule has 0 saturated carbocycles. The van der Waals surface area contributed by atoms with Gasteiger partial charge in [0, 0.05) is 18.0 Å². The number of hydrogen-bond acceptors (Lipinski definition) is 3. The van der Waals surface area contributed by atoms with E-state index in [0.29, 0.717) is 6.54 Å². The van der Waals surface area contributed by atoms with Gasteiger partial charge in [0.05, 0.1) is 6.10 Å². The summed E-state index contributed by atoms with van der Waals surface area (Å²) in [7, 11) is 0. The maximum Gasteiger partial charge on any atom is 0.107 e. The van der Waals surface area contributed by atoms with Crippen molar-refractivity contribution in [3.8, 4) is 0 Å². The number of furan rings is 1. The van der Waals surface area contributed by atoms with Crippen LogP contribution in [0.2, 0.25) is 0 Å². The van der Waals surface area contributed by atoms with E-state index in [2.05, 4.69) is 0 Å². The third kappa shape index (κ3) is 2.51. The van der Waals surface area contributed by atoms with Gasteiger partial charge in [-0.2, -0.15) is 0 Å². The zero-order chi connectivity index (χ0) is 14.9. The highest BCUT2D eigenvalue weighted by atomic mass is 16.3. The molecule has 0 aliphatic heterocycles. The topological polar surface area (TPSA) is 59.4 Å². The highest BCUT2D eigenvalue weighted by Crippen LogP contribution is 2.36. The minimum atomic E-state index is -0.640. The van der Waals surface area contributed by atoms with Crippen molar-refractivity contribution in [1.82, 2.24) is 0 Å². The Bertz CT molecular complexity index is 601. The number of aryl methyl sites for hydroxylation is 3. The lowest BCUT2D eigenvalue weighted by Gasteiger charge is -2.24. The summed E-state index contributed by atoms with van der Waals surface area (Å²) >= 11 is 0. The molecule has 0 aliphatic rings. The lowest BCUT2D eigenvalue weighted by atomic mass is 9.85. The van der Waals surface area contributed by atoms with Gasteiger partial charge in [-0.1, -0.05) is 24.3 Å². The Morgan fingerprint density at radius 3 is 2.25 bits per heavy atom. The third-order valence-corrected chi connectivity index (χ3v) is 4.14. The van der Waals surface area contributed by atoms with Crippen molar-refractivity contribution in [2.45, 2.75) is 39.7 Å². The van der Waals surface area contributed by atoms with Crippen molar-refractivity contribution in [2.75, 3.05) is 6.54 Å². The molecule has 0 fully saturated rings. The molecule has 0 saturated heterocycles. The van der Waals surface area contributed by atoms with Gasteiger partial charge in [-0.25, -0.2) is 0 Å². The van der Waals surface area contributed by atoms with Gasteiger partial charge in [0.2, 0.25) is 0 Å². The minimum absolute atomic E-state index is 0.120. The quantitative estimate of drug-likeness (QED) is 0.898. The molecule has 0 radical (unpaired) electrons. The minimum Gasteiger partial charge on any atom is -0.466 e. The van der Waals surface area contributed by atoms with Gasteiger partial charge >= 0.3 is 0 Å². The first kappa shape index (κ1) is 14.8. The second-order valence-corrected chi connectivity index (χ2v) is 5.40. The smallest absolute Gasteiger partial charge is 0.107 e. The summed E-state index contributed by atoms with van der Waals surface area (Å²) in [6.45, 7) is 8.24. The first-order chi connectivity index (χ1) is 9.47. The van der Waals surface area contributed by atoms with E-state index in [-0.39, 0.29) is 5.92 Å². The number of rotatable bonds is 4. The van der Waals surface area contributed by atoms with Gasteiger partial charge in [0.1, 0.15) is 11.5 Å². The van der Waals surface area contributed by atoms with E-state index < -0.39 is 6.10 Å². The summed E-state index contributed by atoms with van der Waals surface area (Å²) in [5.74, 6) is 1.52. The average Bonchev–Trinajstić information content (AvgIpc) is 2.66. The van der Waals surface area contributed by atoms with Gasteiger partial charge in [0.25, 0.3) is 0 Å². The summed E-state index contributed by atoms with van der Waals surface area (Å²) in [6.07, 6.45) is -0.640. The molecule has 108 valence electrons. The molecule has 3 heteroatoms. The summed E-state index contributed by atoms with van der Waals surface area (Å²) in [6, 6.07) is 8.06. The Balaban J connectivity index is 2.44. The SMILES string of the molecule is Cc1ccccc1C(CN)C(O)c1c(C)oc(C)c1C. The molecule has 20 heavy (non-hydrogen) atoms. The molecule has 2 aromatic rings. The van der Waals surface area contributed by atoms with Gasteiger partial charge in [-0.3, -0.25) is 0 Å². The maximum absolute atomic E-state index is 10.8. The van der Waals surface area contributed by atoms with Crippen LogP contribution in [0.4, 0.5) is 0 Å². The van der Waals surface area contributed by atoms with E-state index in [1.807, 2.05) is 52.0 Å². The predicted octanol–water partition coefficient (Wildman–Crippen LogP) is 3.29. The van der Waals surface area contributed by atoms with Crippen LogP contribution in [0, 0.1) is 27.7 Å². The first-order valence-corrected chi connectivity index (χ1v) is 6.97. The highest BCUT2D eigenvalue weighted by molar-refractivity contribution is 5.38. The van der Waals surface area contributed by atoms with Crippen LogP contribution in [0.25, 0.3) is 0 Å². The van der Waals surface area contributed by atoms with E-state index in [9.17, 15) is 5.11 Å². The first-order valence-electron chi connectivity index (χ1n) is 6.97. The summed E-state index contributed by atoms with van der Waals surface area (Å²) < 4.78 is 5.63. The van der Waals surface area contributed by atoms with Crippen molar-refractivity contribution < 1.29 is 9.52 Å². The van der Waals surface area contributed by atoms with Crippen molar-refractivity contribution in [1.29, 1.82) is 0 Å². The molecule has 1 aromatic carbocycles. The van der Waals surface area contributed by atoms with Crippen LogP contribution in [-0.4, -0.2) is 11.7 Å². The monoisotopic (exact) mass is 273 g/mol. The fourth-order valence-electron chi connectivity index (χ4n) is 2.87. The van der Waals surface area contributed by atoms with Gasteiger partial charge in [0.15, 0.2) is 0 Å². The van der Waals surface area contributed by atoms with E-state index in [1.54, 1.807) is 0 Å². The lowest BCUT2D eigenvalue weighted by Crippen LogP contribution is -2.21. The largest absolute Gasteiger partial charge is 0.466 e. The molecule has 2 unspecified atom stereocenters. The van der Waals surface area contributed by atoms with E-state index in [0.717, 1.165) is 33.8 Å². The van der Waals surface area contributed by atoms with Crippen LogP contribution in [0.15, 0.2) is 28.7 Å². The van der Waals surface area contributed by atoms with Crippen molar-refractivity contribution in [3.05, 3.63) is 58.0 Å². The van der Waals surface area contributed by atoms with Crippen molar-refractivity contribution >= 4 is 0 Å².